The summed E-state index contributed by atoms with van der Waals surface area (Å²) in [5, 5.41) is 0. The monoisotopic (exact) mass is 270 g/mol. The third-order valence-electron chi connectivity index (χ3n) is 3.26. The van der Waals surface area contributed by atoms with Gasteiger partial charge in [0.2, 0.25) is 0 Å². The lowest BCUT2D eigenvalue weighted by Crippen LogP contribution is -2.12. The van der Waals surface area contributed by atoms with Crippen LogP contribution < -0.4 is 10.3 Å². The normalized spacial score (nSPS) is 14.6. The first-order valence-electron chi connectivity index (χ1n) is 7.00. The number of hydrogen-bond acceptors (Lipinski definition) is 3. The van der Waals surface area contributed by atoms with Crippen LogP contribution >= 0.6 is 0 Å². The summed E-state index contributed by atoms with van der Waals surface area (Å²) in [5.41, 5.74) is 1.49. The van der Waals surface area contributed by atoms with Crippen molar-refractivity contribution in [1.29, 1.82) is 0 Å². The molecule has 4 nitrogen and oxygen atoms in total. The quantitative estimate of drug-likeness (QED) is 0.928. The van der Waals surface area contributed by atoms with Gasteiger partial charge in [-0.2, -0.15) is 0 Å². The van der Waals surface area contributed by atoms with E-state index in [0.717, 1.165) is 24.2 Å². The smallest absolute Gasteiger partial charge is 0.251 e. The zero-order valence-corrected chi connectivity index (χ0v) is 11.7. The second-order valence-electron chi connectivity index (χ2n) is 5.52. The van der Waals surface area contributed by atoms with Gasteiger partial charge < -0.3 is 9.72 Å². The van der Waals surface area contributed by atoms with E-state index in [0.29, 0.717) is 17.6 Å². The number of aromatic amines is 1. The maximum Gasteiger partial charge on any atom is 0.251 e. The number of nitrogens with zero attached hydrogens (tertiary/aromatic N) is 1. The van der Waals surface area contributed by atoms with Crippen LogP contribution in [0.4, 0.5) is 0 Å². The van der Waals surface area contributed by atoms with Crippen molar-refractivity contribution in [3.8, 4) is 17.0 Å². The van der Waals surface area contributed by atoms with Crippen LogP contribution in [0.5, 0.6) is 5.75 Å². The first kappa shape index (κ1) is 12.9. The van der Waals surface area contributed by atoms with Crippen molar-refractivity contribution in [2.45, 2.75) is 38.7 Å². The molecule has 2 aromatic rings. The molecule has 0 amide bonds. The average molecular weight is 270 g/mol. The second-order valence-corrected chi connectivity index (χ2v) is 5.52. The third-order valence-corrected chi connectivity index (χ3v) is 3.26. The fourth-order valence-electron chi connectivity index (χ4n) is 2.00. The SMILES string of the molecule is CC(C)c1nc(-c2cccc(OC3CC3)c2)cc(=O)[nH]1. The molecule has 3 rings (SSSR count). The summed E-state index contributed by atoms with van der Waals surface area (Å²) in [6, 6.07) is 9.31. The summed E-state index contributed by atoms with van der Waals surface area (Å²) >= 11 is 0. The summed E-state index contributed by atoms with van der Waals surface area (Å²) in [5.74, 6) is 1.74. The molecule has 1 aromatic heterocycles. The Hall–Kier alpha value is -2.10. The Bertz CT molecular complexity index is 672. The number of rotatable bonds is 4. The fraction of sp³-hybridized carbons (Fsp3) is 0.375. The molecule has 1 fully saturated rings. The first-order chi connectivity index (χ1) is 9.61. The molecule has 0 unspecified atom stereocenters. The van der Waals surface area contributed by atoms with Gasteiger partial charge in [-0.1, -0.05) is 26.0 Å². The topological polar surface area (TPSA) is 55.0 Å². The zero-order valence-electron chi connectivity index (χ0n) is 11.7. The number of aromatic nitrogens is 2. The predicted molar refractivity (Wildman–Crippen MR) is 78.0 cm³/mol. The Morgan fingerprint density at radius 1 is 1.30 bits per heavy atom. The lowest BCUT2D eigenvalue weighted by molar-refractivity contribution is 0.303. The standard InChI is InChI=1S/C16H18N2O2/c1-10(2)16-17-14(9-15(19)18-16)11-4-3-5-13(8-11)20-12-6-7-12/h3-5,8-10,12H,6-7H2,1-2H3,(H,17,18,19). The molecule has 1 N–H and O–H groups in total. The summed E-state index contributed by atoms with van der Waals surface area (Å²) in [6.45, 7) is 4.02. The number of hydrogen-bond donors (Lipinski definition) is 1. The van der Waals surface area contributed by atoms with Crippen molar-refractivity contribution in [3.63, 3.8) is 0 Å². The van der Waals surface area contributed by atoms with Gasteiger partial charge in [0.1, 0.15) is 11.6 Å². The molecule has 104 valence electrons. The van der Waals surface area contributed by atoms with E-state index in [2.05, 4.69) is 9.97 Å². The fourth-order valence-corrected chi connectivity index (χ4v) is 2.00. The summed E-state index contributed by atoms with van der Waals surface area (Å²) in [4.78, 5) is 19.0. The molecule has 0 atom stereocenters. The highest BCUT2D eigenvalue weighted by Crippen LogP contribution is 2.29. The van der Waals surface area contributed by atoms with Crippen LogP contribution in [0.25, 0.3) is 11.3 Å². The minimum absolute atomic E-state index is 0.118. The molecule has 1 heterocycles. The molecule has 0 spiro atoms. The summed E-state index contributed by atoms with van der Waals surface area (Å²) in [6.07, 6.45) is 2.62. The van der Waals surface area contributed by atoms with Crippen molar-refractivity contribution < 1.29 is 4.74 Å². The number of nitrogens with one attached hydrogen (secondary N) is 1. The second kappa shape index (κ2) is 5.12. The lowest BCUT2D eigenvalue weighted by atomic mass is 10.1. The van der Waals surface area contributed by atoms with E-state index < -0.39 is 0 Å². The molecular formula is C16H18N2O2. The highest BCUT2D eigenvalue weighted by atomic mass is 16.5. The molecule has 4 heteroatoms. The third kappa shape index (κ3) is 2.90. The maximum absolute atomic E-state index is 11.7. The van der Waals surface area contributed by atoms with Crippen LogP contribution in [0, 0.1) is 0 Å². The minimum atomic E-state index is -0.118. The molecule has 0 saturated heterocycles. The Morgan fingerprint density at radius 3 is 2.80 bits per heavy atom. The molecule has 0 aliphatic heterocycles. The average Bonchev–Trinajstić information content (AvgIpc) is 3.22. The van der Waals surface area contributed by atoms with E-state index in [1.54, 1.807) is 0 Å². The Balaban J connectivity index is 1.97. The van der Waals surface area contributed by atoms with E-state index in [1.807, 2.05) is 38.1 Å². The van der Waals surface area contributed by atoms with E-state index in [9.17, 15) is 4.79 Å². The molecular weight excluding hydrogens is 252 g/mol. The molecule has 20 heavy (non-hydrogen) atoms. The van der Waals surface area contributed by atoms with Gasteiger partial charge in [-0.15, -0.1) is 0 Å². The van der Waals surface area contributed by atoms with Crippen molar-refractivity contribution in [2.75, 3.05) is 0 Å². The molecule has 1 aliphatic rings. The number of ether oxygens (including phenoxy) is 1. The van der Waals surface area contributed by atoms with E-state index in [-0.39, 0.29) is 11.5 Å². The Kier molecular flexibility index (Phi) is 3.30. The van der Waals surface area contributed by atoms with Gasteiger partial charge in [0, 0.05) is 17.5 Å². The van der Waals surface area contributed by atoms with Crippen LogP contribution in [0.1, 0.15) is 38.4 Å². The summed E-state index contributed by atoms with van der Waals surface area (Å²) < 4.78 is 5.78. The lowest BCUT2D eigenvalue weighted by Gasteiger charge is -2.09. The van der Waals surface area contributed by atoms with Crippen molar-refractivity contribution in [1.82, 2.24) is 9.97 Å². The Morgan fingerprint density at radius 2 is 2.10 bits per heavy atom. The molecule has 1 aromatic carbocycles. The van der Waals surface area contributed by atoms with Crippen LogP contribution in [0.15, 0.2) is 35.1 Å². The van der Waals surface area contributed by atoms with Crippen LogP contribution in [0.2, 0.25) is 0 Å². The molecule has 0 bridgehead atoms. The molecule has 1 saturated carbocycles. The van der Waals surface area contributed by atoms with Crippen molar-refractivity contribution in [2.24, 2.45) is 0 Å². The van der Waals surface area contributed by atoms with Crippen LogP contribution in [-0.4, -0.2) is 16.1 Å². The Labute approximate surface area is 117 Å². The minimum Gasteiger partial charge on any atom is -0.490 e. The number of H-pyrrole nitrogens is 1. The van der Waals surface area contributed by atoms with Gasteiger partial charge in [-0.3, -0.25) is 4.79 Å². The zero-order chi connectivity index (χ0) is 14.1. The molecule has 0 radical (unpaired) electrons. The van der Waals surface area contributed by atoms with Crippen molar-refractivity contribution in [3.05, 3.63) is 46.5 Å². The first-order valence-corrected chi connectivity index (χ1v) is 7.00. The number of benzene rings is 1. The van der Waals surface area contributed by atoms with Crippen molar-refractivity contribution >= 4 is 0 Å². The highest BCUT2D eigenvalue weighted by Gasteiger charge is 2.23. The van der Waals surface area contributed by atoms with Gasteiger partial charge in [0.25, 0.3) is 5.56 Å². The van der Waals surface area contributed by atoms with E-state index in [4.69, 9.17) is 4.74 Å². The molecule has 1 aliphatic carbocycles. The van der Waals surface area contributed by atoms with Gasteiger partial charge in [0.05, 0.1) is 11.8 Å². The van der Waals surface area contributed by atoms with Gasteiger partial charge in [-0.05, 0) is 25.0 Å². The van der Waals surface area contributed by atoms with Crippen LogP contribution in [0.3, 0.4) is 0 Å². The largest absolute Gasteiger partial charge is 0.490 e. The van der Waals surface area contributed by atoms with Crippen LogP contribution in [-0.2, 0) is 0 Å². The van der Waals surface area contributed by atoms with Gasteiger partial charge in [0.15, 0.2) is 0 Å². The van der Waals surface area contributed by atoms with E-state index in [1.165, 1.54) is 6.07 Å². The predicted octanol–water partition coefficient (Wildman–Crippen LogP) is 3.10. The van der Waals surface area contributed by atoms with Gasteiger partial charge >= 0.3 is 0 Å². The van der Waals surface area contributed by atoms with E-state index >= 15 is 0 Å². The highest BCUT2D eigenvalue weighted by molar-refractivity contribution is 5.60. The maximum atomic E-state index is 11.7. The summed E-state index contributed by atoms with van der Waals surface area (Å²) in [7, 11) is 0. The van der Waals surface area contributed by atoms with Gasteiger partial charge in [-0.25, -0.2) is 4.98 Å².